The molecule has 0 aliphatic heterocycles. The van der Waals surface area contributed by atoms with Crippen LogP contribution in [0.1, 0.15) is 31.4 Å². The first kappa shape index (κ1) is 13.6. The summed E-state index contributed by atoms with van der Waals surface area (Å²) in [5.41, 5.74) is 6.65. The molecule has 0 atom stereocenters. The Labute approximate surface area is 124 Å². The van der Waals surface area contributed by atoms with E-state index in [4.69, 9.17) is 5.73 Å². The number of fused-ring (bicyclic) bond motifs is 1. The van der Waals surface area contributed by atoms with Gasteiger partial charge in [-0.2, -0.15) is 0 Å². The van der Waals surface area contributed by atoms with E-state index in [0.29, 0.717) is 17.0 Å². The zero-order chi connectivity index (χ0) is 13.9. The summed E-state index contributed by atoms with van der Waals surface area (Å²) in [4.78, 5) is 21.5. The van der Waals surface area contributed by atoms with Gasteiger partial charge in [0.1, 0.15) is 0 Å². The van der Waals surface area contributed by atoms with Crippen LogP contribution in [0.4, 0.5) is 0 Å². The van der Waals surface area contributed by atoms with Crippen LogP contribution >= 0.6 is 23.1 Å². The number of aromatic nitrogens is 2. The molecule has 2 N–H and O–H groups in total. The number of aliphatic imine (C=N–C) groups is 1. The third kappa shape index (κ3) is 3.04. The summed E-state index contributed by atoms with van der Waals surface area (Å²) < 4.78 is 1.55. The van der Waals surface area contributed by atoms with Crippen molar-refractivity contribution in [2.75, 3.05) is 0 Å². The molecule has 1 saturated carbocycles. The smallest absolute Gasteiger partial charge is 0.258 e. The average Bonchev–Trinajstić information content (AvgIpc) is 3.07. The maximum atomic E-state index is 11.8. The van der Waals surface area contributed by atoms with Crippen LogP contribution in [0.3, 0.4) is 0 Å². The van der Waals surface area contributed by atoms with Gasteiger partial charge in [0.15, 0.2) is 10.1 Å². The summed E-state index contributed by atoms with van der Waals surface area (Å²) in [6, 6.07) is 1.95. The highest BCUT2D eigenvalue weighted by Crippen LogP contribution is 2.22. The van der Waals surface area contributed by atoms with Crippen molar-refractivity contribution in [3.63, 3.8) is 0 Å². The SMILES string of the molecule is NC(=NC1CCCC1)SCc1cc(=O)n2ccsc2n1. The number of thiazole rings is 1. The largest absolute Gasteiger partial charge is 0.379 e. The van der Waals surface area contributed by atoms with Gasteiger partial charge in [0.25, 0.3) is 5.56 Å². The lowest BCUT2D eigenvalue weighted by Gasteiger charge is -2.05. The van der Waals surface area contributed by atoms with Crippen LogP contribution in [0.25, 0.3) is 4.96 Å². The van der Waals surface area contributed by atoms with Gasteiger partial charge in [0.2, 0.25) is 0 Å². The van der Waals surface area contributed by atoms with Crippen LogP contribution in [0.5, 0.6) is 0 Å². The van der Waals surface area contributed by atoms with E-state index in [9.17, 15) is 4.79 Å². The molecule has 0 unspecified atom stereocenters. The fourth-order valence-corrected chi connectivity index (χ4v) is 3.77. The van der Waals surface area contributed by atoms with Crippen molar-refractivity contribution in [3.05, 3.63) is 33.7 Å². The molecular weight excluding hydrogens is 292 g/mol. The number of hydrogen-bond donors (Lipinski definition) is 1. The number of nitrogens with two attached hydrogens (primary N) is 1. The van der Waals surface area contributed by atoms with Gasteiger partial charge < -0.3 is 5.73 Å². The molecule has 2 aromatic rings. The summed E-state index contributed by atoms with van der Waals surface area (Å²) in [5.74, 6) is 0.589. The van der Waals surface area contributed by atoms with Gasteiger partial charge in [-0.15, -0.1) is 11.3 Å². The molecule has 7 heteroatoms. The van der Waals surface area contributed by atoms with Crippen LogP contribution in [0, 0.1) is 0 Å². The first-order chi connectivity index (χ1) is 9.72. The topological polar surface area (TPSA) is 72.8 Å². The van der Waals surface area contributed by atoms with Gasteiger partial charge in [-0.1, -0.05) is 24.6 Å². The third-order valence-electron chi connectivity index (χ3n) is 3.36. The lowest BCUT2D eigenvalue weighted by Crippen LogP contribution is -2.14. The molecule has 106 valence electrons. The van der Waals surface area contributed by atoms with Crippen LogP contribution in [-0.4, -0.2) is 20.6 Å². The summed E-state index contributed by atoms with van der Waals surface area (Å²) in [5, 5.41) is 2.46. The van der Waals surface area contributed by atoms with E-state index in [1.165, 1.54) is 35.9 Å². The van der Waals surface area contributed by atoms with Gasteiger partial charge in [0.05, 0.1) is 11.7 Å². The second-order valence-corrected chi connectivity index (χ2v) is 6.70. The van der Waals surface area contributed by atoms with Crippen molar-refractivity contribution in [3.8, 4) is 0 Å². The summed E-state index contributed by atoms with van der Waals surface area (Å²) >= 11 is 2.92. The van der Waals surface area contributed by atoms with Crippen LogP contribution in [-0.2, 0) is 5.75 Å². The first-order valence-corrected chi connectivity index (χ1v) is 8.51. The van der Waals surface area contributed by atoms with Gasteiger partial charge >= 0.3 is 0 Å². The number of hydrogen-bond acceptors (Lipinski definition) is 5. The highest BCUT2D eigenvalue weighted by Gasteiger charge is 2.14. The molecule has 2 aromatic heterocycles. The molecular formula is C13H16N4OS2. The van der Waals surface area contributed by atoms with E-state index in [-0.39, 0.29) is 5.56 Å². The maximum Gasteiger partial charge on any atom is 0.258 e. The number of nitrogens with zero attached hydrogens (tertiary/aromatic N) is 3. The minimum absolute atomic E-state index is 0.0434. The van der Waals surface area contributed by atoms with Crippen molar-refractivity contribution >= 4 is 33.2 Å². The Bertz CT molecular complexity index is 685. The molecule has 3 rings (SSSR count). The molecule has 0 saturated heterocycles. The second kappa shape index (κ2) is 5.97. The number of rotatable bonds is 3. The van der Waals surface area contributed by atoms with Crippen molar-refractivity contribution < 1.29 is 0 Å². The Morgan fingerprint density at radius 2 is 2.35 bits per heavy atom. The lowest BCUT2D eigenvalue weighted by atomic mass is 10.3. The van der Waals surface area contributed by atoms with Crippen LogP contribution in [0.2, 0.25) is 0 Å². The fraction of sp³-hybridized carbons (Fsp3) is 0.462. The Hall–Kier alpha value is -1.34. The summed E-state index contributed by atoms with van der Waals surface area (Å²) in [6.45, 7) is 0. The lowest BCUT2D eigenvalue weighted by molar-refractivity contribution is 0.708. The van der Waals surface area contributed by atoms with Crippen LogP contribution in [0.15, 0.2) is 27.4 Å². The van der Waals surface area contributed by atoms with E-state index in [0.717, 1.165) is 23.5 Å². The minimum Gasteiger partial charge on any atom is -0.379 e. The number of amidine groups is 1. The quantitative estimate of drug-likeness (QED) is 0.697. The van der Waals surface area contributed by atoms with Gasteiger partial charge in [0, 0.05) is 23.4 Å². The molecule has 1 fully saturated rings. The predicted octanol–water partition coefficient (Wildman–Crippen LogP) is 2.25. The highest BCUT2D eigenvalue weighted by molar-refractivity contribution is 8.13. The standard InChI is InChI=1S/C13H16N4OS2/c14-12(15-9-3-1-2-4-9)20-8-10-7-11(18)17-5-6-19-13(17)16-10/h5-7,9H,1-4,8H2,(H2,14,15). The second-order valence-electron chi connectivity index (χ2n) is 4.84. The molecule has 2 heterocycles. The highest BCUT2D eigenvalue weighted by atomic mass is 32.2. The first-order valence-electron chi connectivity index (χ1n) is 6.64. The van der Waals surface area contributed by atoms with E-state index >= 15 is 0 Å². The molecule has 20 heavy (non-hydrogen) atoms. The Morgan fingerprint density at radius 3 is 3.15 bits per heavy atom. The molecule has 5 nitrogen and oxygen atoms in total. The zero-order valence-corrected chi connectivity index (χ0v) is 12.6. The Balaban J connectivity index is 1.68. The molecule has 0 spiro atoms. The average molecular weight is 308 g/mol. The monoisotopic (exact) mass is 308 g/mol. The summed E-state index contributed by atoms with van der Waals surface area (Å²) in [7, 11) is 0. The molecule has 1 aliphatic rings. The van der Waals surface area contributed by atoms with Gasteiger partial charge in [-0.05, 0) is 12.8 Å². The van der Waals surface area contributed by atoms with Crippen molar-refractivity contribution in [2.45, 2.75) is 37.5 Å². The van der Waals surface area contributed by atoms with E-state index in [2.05, 4.69) is 9.98 Å². The normalized spacial score (nSPS) is 17.1. The van der Waals surface area contributed by atoms with E-state index < -0.39 is 0 Å². The van der Waals surface area contributed by atoms with Gasteiger partial charge in [-0.25, -0.2) is 4.98 Å². The predicted molar refractivity (Wildman–Crippen MR) is 84.5 cm³/mol. The summed E-state index contributed by atoms with van der Waals surface area (Å²) in [6.07, 6.45) is 6.52. The third-order valence-corrected chi connectivity index (χ3v) is 4.96. The van der Waals surface area contributed by atoms with Crippen LogP contribution < -0.4 is 11.3 Å². The molecule has 1 aliphatic carbocycles. The molecule has 0 radical (unpaired) electrons. The Morgan fingerprint density at radius 1 is 1.55 bits per heavy atom. The number of thioether (sulfide) groups is 1. The Kier molecular flexibility index (Phi) is 4.07. The van der Waals surface area contributed by atoms with E-state index in [1.807, 2.05) is 5.38 Å². The fourth-order valence-electron chi connectivity index (χ4n) is 2.36. The molecule has 0 aromatic carbocycles. The van der Waals surface area contributed by atoms with Crippen molar-refractivity contribution in [2.24, 2.45) is 10.7 Å². The van der Waals surface area contributed by atoms with E-state index in [1.54, 1.807) is 16.7 Å². The maximum absolute atomic E-state index is 11.8. The zero-order valence-electron chi connectivity index (χ0n) is 11.0. The van der Waals surface area contributed by atoms with Crippen molar-refractivity contribution in [1.29, 1.82) is 0 Å². The molecule has 0 amide bonds. The van der Waals surface area contributed by atoms with Gasteiger partial charge in [-0.3, -0.25) is 14.2 Å². The van der Waals surface area contributed by atoms with Crippen molar-refractivity contribution in [1.82, 2.24) is 9.38 Å². The minimum atomic E-state index is -0.0434. The molecule has 0 bridgehead atoms.